The molecule has 0 atom stereocenters. The standard InChI is InChI=1S/C7H9ClF3N3S/c1-14(3-2-7(9,10)11)4-5-6(8)15-13-12-5/h2-4H2,1H3. The first-order valence-corrected chi connectivity index (χ1v) is 5.25. The average Bonchev–Trinajstić information content (AvgIpc) is 2.47. The maximum absolute atomic E-state index is 11.9. The van der Waals surface area contributed by atoms with Gasteiger partial charge >= 0.3 is 6.18 Å². The first-order chi connectivity index (χ1) is 6.88. The highest BCUT2D eigenvalue weighted by atomic mass is 35.5. The topological polar surface area (TPSA) is 29.0 Å². The van der Waals surface area contributed by atoms with Crippen molar-refractivity contribution in [3.8, 4) is 0 Å². The van der Waals surface area contributed by atoms with Crippen molar-refractivity contribution < 1.29 is 13.2 Å². The molecule has 0 radical (unpaired) electrons. The lowest BCUT2D eigenvalue weighted by atomic mass is 10.3. The first-order valence-electron chi connectivity index (χ1n) is 4.10. The molecule has 15 heavy (non-hydrogen) atoms. The second-order valence-corrected chi connectivity index (χ2v) is 4.45. The molecular formula is C7H9ClF3N3S. The summed E-state index contributed by atoms with van der Waals surface area (Å²) >= 11 is 6.74. The molecule has 1 aromatic heterocycles. The first kappa shape index (κ1) is 12.7. The Bertz CT molecular complexity index is 315. The van der Waals surface area contributed by atoms with E-state index in [9.17, 15) is 13.2 Å². The van der Waals surface area contributed by atoms with Crippen LogP contribution in [-0.2, 0) is 6.54 Å². The van der Waals surface area contributed by atoms with Crippen LogP contribution in [0, 0.1) is 0 Å². The Kier molecular flexibility index (Phi) is 4.30. The largest absolute Gasteiger partial charge is 0.390 e. The lowest BCUT2D eigenvalue weighted by Gasteiger charge is -2.16. The summed E-state index contributed by atoms with van der Waals surface area (Å²) in [5, 5.41) is 3.71. The van der Waals surface area contributed by atoms with Crippen LogP contribution in [0.15, 0.2) is 0 Å². The maximum Gasteiger partial charge on any atom is 0.390 e. The highest BCUT2D eigenvalue weighted by Crippen LogP contribution is 2.21. The van der Waals surface area contributed by atoms with Gasteiger partial charge in [-0.05, 0) is 7.05 Å². The normalized spacial score (nSPS) is 12.4. The molecule has 0 aromatic carbocycles. The number of alkyl halides is 3. The summed E-state index contributed by atoms with van der Waals surface area (Å²) in [6.07, 6.45) is -4.96. The van der Waals surface area contributed by atoms with E-state index in [1.165, 1.54) is 4.90 Å². The van der Waals surface area contributed by atoms with Crippen molar-refractivity contribution >= 4 is 23.1 Å². The molecule has 0 aliphatic rings. The van der Waals surface area contributed by atoms with Gasteiger partial charge < -0.3 is 4.90 Å². The minimum Gasteiger partial charge on any atom is -0.300 e. The molecule has 0 amide bonds. The monoisotopic (exact) mass is 259 g/mol. The fraction of sp³-hybridized carbons (Fsp3) is 0.714. The molecule has 0 bridgehead atoms. The number of aromatic nitrogens is 2. The van der Waals surface area contributed by atoms with Gasteiger partial charge in [0.2, 0.25) is 0 Å². The van der Waals surface area contributed by atoms with Crippen LogP contribution >= 0.6 is 23.1 Å². The van der Waals surface area contributed by atoms with Crippen LogP contribution in [0.4, 0.5) is 13.2 Å². The van der Waals surface area contributed by atoms with E-state index in [0.717, 1.165) is 11.5 Å². The molecule has 0 saturated heterocycles. The maximum atomic E-state index is 11.9. The molecule has 1 aromatic rings. The second kappa shape index (κ2) is 5.09. The molecule has 3 nitrogen and oxygen atoms in total. The Morgan fingerprint density at radius 3 is 2.60 bits per heavy atom. The molecule has 1 rings (SSSR count). The van der Waals surface area contributed by atoms with Crippen molar-refractivity contribution in [1.82, 2.24) is 14.5 Å². The number of nitrogens with zero attached hydrogens (tertiary/aromatic N) is 3. The summed E-state index contributed by atoms with van der Waals surface area (Å²) < 4.78 is 39.7. The fourth-order valence-electron chi connectivity index (χ4n) is 0.944. The van der Waals surface area contributed by atoms with Crippen LogP contribution in [-0.4, -0.2) is 34.3 Å². The predicted molar refractivity (Wildman–Crippen MR) is 51.9 cm³/mol. The molecular weight excluding hydrogens is 251 g/mol. The summed E-state index contributed by atoms with van der Waals surface area (Å²) in [5.74, 6) is 0. The van der Waals surface area contributed by atoms with Gasteiger partial charge in [0.15, 0.2) is 0 Å². The zero-order valence-electron chi connectivity index (χ0n) is 7.88. The molecule has 0 N–H and O–H groups in total. The van der Waals surface area contributed by atoms with Crippen LogP contribution < -0.4 is 0 Å². The minimum atomic E-state index is -4.13. The minimum absolute atomic E-state index is 0.0721. The average molecular weight is 260 g/mol. The zero-order valence-corrected chi connectivity index (χ0v) is 9.46. The highest BCUT2D eigenvalue weighted by Gasteiger charge is 2.27. The van der Waals surface area contributed by atoms with Crippen LogP contribution in [0.2, 0.25) is 4.34 Å². The molecule has 1 heterocycles. The van der Waals surface area contributed by atoms with E-state index in [1.807, 2.05) is 0 Å². The second-order valence-electron chi connectivity index (χ2n) is 3.10. The van der Waals surface area contributed by atoms with Crippen molar-refractivity contribution in [3.05, 3.63) is 10.0 Å². The fourth-order valence-corrected chi connectivity index (χ4v) is 1.56. The van der Waals surface area contributed by atoms with Gasteiger partial charge in [-0.1, -0.05) is 16.1 Å². The van der Waals surface area contributed by atoms with E-state index in [1.54, 1.807) is 7.05 Å². The van der Waals surface area contributed by atoms with E-state index in [2.05, 4.69) is 9.59 Å². The van der Waals surface area contributed by atoms with E-state index >= 15 is 0 Å². The smallest absolute Gasteiger partial charge is 0.300 e. The van der Waals surface area contributed by atoms with E-state index in [-0.39, 0.29) is 13.1 Å². The molecule has 0 aliphatic heterocycles. The van der Waals surface area contributed by atoms with Crippen LogP contribution in [0.5, 0.6) is 0 Å². The molecule has 0 aliphatic carbocycles. The Hall–Kier alpha value is -0.400. The van der Waals surface area contributed by atoms with Gasteiger partial charge in [0.05, 0.1) is 6.42 Å². The van der Waals surface area contributed by atoms with Gasteiger partial charge in [0, 0.05) is 24.6 Å². The van der Waals surface area contributed by atoms with E-state index in [0.29, 0.717) is 10.0 Å². The van der Waals surface area contributed by atoms with Crippen molar-refractivity contribution in [1.29, 1.82) is 0 Å². The molecule has 0 fully saturated rings. The Labute approximate surface area is 94.0 Å². The van der Waals surface area contributed by atoms with E-state index in [4.69, 9.17) is 11.6 Å². The van der Waals surface area contributed by atoms with Gasteiger partial charge in [0.1, 0.15) is 10.0 Å². The third-order valence-corrected chi connectivity index (χ3v) is 2.69. The number of hydrogen-bond donors (Lipinski definition) is 0. The Balaban J connectivity index is 2.37. The van der Waals surface area contributed by atoms with Crippen LogP contribution in [0.25, 0.3) is 0 Å². The number of hydrogen-bond acceptors (Lipinski definition) is 4. The van der Waals surface area contributed by atoms with Crippen LogP contribution in [0.3, 0.4) is 0 Å². The highest BCUT2D eigenvalue weighted by molar-refractivity contribution is 7.10. The van der Waals surface area contributed by atoms with Crippen molar-refractivity contribution in [2.75, 3.05) is 13.6 Å². The molecule has 8 heteroatoms. The summed E-state index contributed by atoms with van der Waals surface area (Å²) in [6, 6.07) is 0. The van der Waals surface area contributed by atoms with Gasteiger partial charge in [-0.3, -0.25) is 0 Å². The van der Waals surface area contributed by atoms with Crippen molar-refractivity contribution in [3.63, 3.8) is 0 Å². The molecule has 0 unspecified atom stereocenters. The van der Waals surface area contributed by atoms with Gasteiger partial charge in [-0.25, -0.2) is 0 Å². The van der Waals surface area contributed by atoms with Crippen LogP contribution in [0.1, 0.15) is 12.1 Å². The van der Waals surface area contributed by atoms with Gasteiger partial charge in [-0.2, -0.15) is 13.2 Å². The Morgan fingerprint density at radius 1 is 1.47 bits per heavy atom. The summed E-state index contributed by atoms with van der Waals surface area (Å²) in [5.41, 5.74) is 0.520. The molecule has 0 spiro atoms. The van der Waals surface area contributed by atoms with Gasteiger partial charge in [0.25, 0.3) is 0 Å². The lowest BCUT2D eigenvalue weighted by Crippen LogP contribution is -2.24. The third kappa shape index (κ3) is 4.76. The lowest BCUT2D eigenvalue weighted by molar-refractivity contribution is -0.137. The van der Waals surface area contributed by atoms with Gasteiger partial charge in [-0.15, -0.1) is 5.10 Å². The predicted octanol–water partition coefficient (Wildman–Crippen LogP) is 2.58. The number of rotatable bonds is 4. The summed E-state index contributed by atoms with van der Waals surface area (Å²) in [6.45, 7) is 0.211. The number of halogens is 4. The third-order valence-electron chi connectivity index (χ3n) is 1.71. The molecule has 0 saturated carbocycles. The van der Waals surface area contributed by atoms with E-state index < -0.39 is 12.6 Å². The SMILES string of the molecule is CN(CCC(F)(F)F)Cc1nnsc1Cl. The summed E-state index contributed by atoms with van der Waals surface area (Å²) in [7, 11) is 1.58. The zero-order chi connectivity index (χ0) is 11.5. The summed E-state index contributed by atoms with van der Waals surface area (Å²) in [4.78, 5) is 1.51. The van der Waals surface area contributed by atoms with Crippen molar-refractivity contribution in [2.24, 2.45) is 0 Å². The Morgan fingerprint density at radius 2 is 2.13 bits per heavy atom. The van der Waals surface area contributed by atoms with Crippen molar-refractivity contribution in [2.45, 2.75) is 19.1 Å². The molecule has 86 valence electrons. The quantitative estimate of drug-likeness (QED) is 0.832.